The second-order valence-electron chi connectivity index (χ2n) is 5.26. The number of hydrogen-bond donors (Lipinski definition) is 1. The zero-order chi connectivity index (χ0) is 15.5. The molecule has 0 saturated carbocycles. The first-order valence-corrected chi connectivity index (χ1v) is 7.14. The van der Waals surface area contributed by atoms with Crippen molar-refractivity contribution in [1.82, 2.24) is 19.7 Å². The van der Waals surface area contributed by atoms with Crippen molar-refractivity contribution in [2.75, 3.05) is 0 Å². The average Bonchev–Trinajstić information content (AvgIpc) is 3.15. The molecule has 1 amide bonds. The molecule has 112 valence electrons. The molecule has 3 rings (SSSR count). The lowest BCUT2D eigenvalue weighted by Crippen LogP contribution is -2.24. The molecule has 22 heavy (non-hydrogen) atoms. The van der Waals surface area contributed by atoms with Gasteiger partial charge < -0.3 is 9.88 Å². The molecule has 5 heteroatoms. The fraction of sp³-hybridized carbons (Fsp3) is 0.176. The molecule has 0 radical (unpaired) electrons. The van der Waals surface area contributed by atoms with E-state index in [4.69, 9.17) is 0 Å². The maximum Gasteiger partial charge on any atom is 0.256 e. The normalized spacial score (nSPS) is 10.6. The Kier molecular flexibility index (Phi) is 3.78. The summed E-state index contributed by atoms with van der Waals surface area (Å²) in [7, 11) is 1.83. The van der Waals surface area contributed by atoms with Gasteiger partial charge in [-0.05, 0) is 24.6 Å². The molecule has 0 fully saturated rings. The van der Waals surface area contributed by atoms with Gasteiger partial charge in [-0.2, -0.15) is 5.10 Å². The van der Waals surface area contributed by atoms with Crippen LogP contribution in [-0.4, -0.2) is 20.3 Å². The van der Waals surface area contributed by atoms with E-state index in [0.717, 1.165) is 11.4 Å². The van der Waals surface area contributed by atoms with Crippen LogP contribution >= 0.6 is 0 Å². The van der Waals surface area contributed by atoms with Crippen molar-refractivity contribution < 1.29 is 4.79 Å². The number of hydrogen-bond acceptors (Lipinski definition) is 2. The second kappa shape index (κ2) is 5.89. The minimum Gasteiger partial charge on any atom is -0.348 e. The van der Waals surface area contributed by atoms with Gasteiger partial charge in [-0.25, -0.2) is 0 Å². The monoisotopic (exact) mass is 294 g/mol. The molecule has 0 aliphatic heterocycles. The lowest BCUT2D eigenvalue weighted by molar-refractivity contribution is 0.0951. The van der Waals surface area contributed by atoms with Crippen molar-refractivity contribution in [3.05, 3.63) is 71.7 Å². The van der Waals surface area contributed by atoms with Crippen molar-refractivity contribution >= 4 is 5.91 Å². The van der Waals surface area contributed by atoms with Gasteiger partial charge in [0.25, 0.3) is 5.91 Å². The van der Waals surface area contributed by atoms with Gasteiger partial charge in [-0.1, -0.05) is 29.8 Å². The van der Waals surface area contributed by atoms with Gasteiger partial charge >= 0.3 is 0 Å². The average molecular weight is 294 g/mol. The lowest BCUT2D eigenvalue weighted by Gasteiger charge is -2.08. The highest BCUT2D eigenvalue weighted by Gasteiger charge is 2.16. The fourth-order valence-electron chi connectivity index (χ4n) is 2.36. The first-order valence-electron chi connectivity index (χ1n) is 7.14. The topological polar surface area (TPSA) is 51.9 Å². The molecular formula is C17H18N4O. The number of carbonyl (C=O) groups excluding carboxylic acids is 1. The summed E-state index contributed by atoms with van der Waals surface area (Å²) in [5.74, 6) is 0.629. The minimum absolute atomic E-state index is 0.127. The van der Waals surface area contributed by atoms with Gasteiger partial charge in [0.05, 0.1) is 6.20 Å². The number of amides is 1. The molecule has 0 bridgehead atoms. The molecule has 0 saturated heterocycles. The van der Waals surface area contributed by atoms with Crippen molar-refractivity contribution in [2.45, 2.75) is 13.5 Å². The van der Waals surface area contributed by atoms with E-state index in [0.29, 0.717) is 12.1 Å². The van der Waals surface area contributed by atoms with Gasteiger partial charge in [0, 0.05) is 26.0 Å². The SMILES string of the molecule is Cc1ccc(CNC(=O)c2cnn(C)c2-n2cccc2)cc1. The third-order valence-corrected chi connectivity index (χ3v) is 3.57. The number of benzene rings is 1. The van der Waals surface area contributed by atoms with Crippen LogP contribution in [-0.2, 0) is 13.6 Å². The molecule has 1 aromatic carbocycles. The largest absolute Gasteiger partial charge is 0.348 e. The van der Waals surface area contributed by atoms with E-state index < -0.39 is 0 Å². The summed E-state index contributed by atoms with van der Waals surface area (Å²) in [6, 6.07) is 12.0. The molecule has 5 nitrogen and oxygen atoms in total. The highest BCUT2D eigenvalue weighted by molar-refractivity contribution is 5.97. The summed E-state index contributed by atoms with van der Waals surface area (Å²) in [5, 5.41) is 7.14. The maximum absolute atomic E-state index is 12.4. The van der Waals surface area contributed by atoms with Crippen LogP contribution in [0.4, 0.5) is 0 Å². The highest BCUT2D eigenvalue weighted by atomic mass is 16.1. The molecule has 0 spiro atoms. The number of rotatable bonds is 4. The van der Waals surface area contributed by atoms with Gasteiger partial charge in [0.15, 0.2) is 0 Å². The van der Waals surface area contributed by atoms with E-state index in [1.807, 2.05) is 67.3 Å². The molecule has 3 aromatic rings. The smallest absolute Gasteiger partial charge is 0.256 e. The van der Waals surface area contributed by atoms with E-state index in [9.17, 15) is 4.79 Å². The van der Waals surface area contributed by atoms with Gasteiger partial charge in [0.1, 0.15) is 11.4 Å². The zero-order valence-corrected chi connectivity index (χ0v) is 12.7. The molecule has 2 aromatic heterocycles. The van der Waals surface area contributed by atoms with Crippen molar-refractivity contribution in [3.63, 3.8) is 0 Å². The second-order valence-corrected chi connectivity index (χ2v) is 5.26. The van der Waals surface area contributed by atoms with E-state index in [1.54, 1.807) is 10.9 Å². The highest BCUT2D eigenvalue weighted by Crippen LogP contribution is 2.14. The zero-order valence-electron chi connectivity index (χ0n) is 12.7. The summed E-state index contributed by atoms with van der Waals surface area (Å²) in [4.78, 5) is 12.4. The first kappa shape index (κ1) is 14.1. The third-order valence-electron chi connectivity index (χ3n) is 3.57. The summed E-state index contributed by atoms with van der Waals surface area (Å²) < 4.78 is 3.58. The van der Waals surface area contributed by atoms with Crippen LogP contribution in [0.1, 0.15) is 21.5 Å². The number of carbonyl (C=O) groups is 1. The Morgan fingerprint density at radius 3 is 2.55 bits per heavy atom. The number of aryl methyl sites for hydroxylation is 2. The maximum atomic E-state index is 12.4. The minimum atomic E-state index is -0.127. The van der Waals surface area contributed by atoms with Crippen molar-refractivity contribution in [1.29, 1.82) is 0 Å². The van der Waals surface area contributed by atoms with E-state index >= 15 is 0 Å². The number of nitrogens with zero attached hydrogens (tertiary/aromatic N) is 3. The summed E-state index contributed by atoms with van der Waals surface area (Å²) in [6.07, 6.45) is 5.39. The Bertz CT molecular complexity index is 770. The Morgan fingerprint density at radius 2 is 1.86 bits per heavy atom. The molecular weight excluding hydrogens is 276 g/mol. The third kappa shape index (κ3) is 2.79. The number of aromatic nitrogens is 3. The summed E-state index contributed by atoms with van der Waals surface area (Å²) in [6.45, 7) is 2.54. The lowest BCUT2D eigenvalue weighted by atomic mass is 10.1. The van der Waals surface area contributed by atoms with Gasteiger partial charge in [-0.15, -0.1) is 0 Å². The van der Waals surface area contributed by atoms with E-state index in [1.165, 1.54) is 5.56 Å². The predicted molar refractivity (Wildman–Crippen MR) is 84.9 cm³/mol. The molecule has 0 unspecified atom stereocenters. The van der Waals surface area contributed by atoms with Crippen LogP contribution < -0.4 is 5.32 Å². The Balaban J connectivity index is 1.77. The number of nitrogens with one attached hydrogen (secondary N) is 1. The van der Waals surface area contributed by atoms with Crippen molar-refractivity contribution in [2.24, 2.45) is 7.05 Å². The standard InChI is InChI=1S/C17H18N4O/c1-13-5-7-14(8-6-13)11-18-16(22)15-12-19-20(2)17(15)21-9-3-4-10-21/h3-10,12H,11H2,1-2H3,(H,18,22). The van der Waals surface area contributed by atoms with Crippen LogP contribution in [0.5, 0.6) is 0 Å². The molecule has 0 aliphatic rings. The van der Waals surface area contributed by atoms with Crippen molar-refractivity contribution in [3.8, 4) is 5.82 Å². The van der Waals surface area contributed by atoms with Crippen LogP contribution in [0.25, 0.3) is 5.82 Å². The van der Waals surface area contributed by atoms with Gasteiger partial charge in [-0.3, -0.25) is 9.48 Å². The quantitative estimate of drug-likeness (QED) is 0.803. The molecule has 1 N–H and O–H groups in total. The van der Waals surface area contributed by atoms with Crippen LogP contribution in [0.2, 0.25) is 0 Å². The van der Waals surface area contributed by atoms with Crippen LogP contribution in [0, 0.1) is 6.92 Å². The van der Waals surface area contributed by atoms with Crippen LogP contribution in [0.3, 0.4) is 0 Å². The fourth-order valence-corrected chi connectivity index (χ4v) is 2.36. The summed E-state index contributed by atoms with van der Waals surface area (Å²) in [5.41, 5.74) is 2.84. The molecule has 0 aliphatic carbocycles. The Labute approximate surface area is 129 Å². The first-order chi connectivity index (χ1) is 10.6. The molecule has 2 heterocycles. The summed E-state index contributed by atoms with van der Waals surface area (Å²) >= 11 is 0. The van der Waals surface area contributed by atoms with E-state index in [2.05, 4.69) is 10.4 Å². The predicted octanol–water partition coefficient (Wildman–Crippen LogP) is 2.45. The van der Waals surface area contributed by atoms with Gasteiger partial charge in [0.2, 0.25) is 0 Å². The van der Waals surface area contributed by atoms with Crippen LogP contribution in [0.15, 0.2) is 55.0 Å². The Morgan fingerprint density at radius 1 is 1.18 bits per heavy atom. The Hall–Kier alpha value is -2.82. The van der Waals surface area contributed by atoms with E-state index in [-0.39, 0.29) is 5.91 Å². The molecule has 0 atom stereocenters.